The van der Waals surface area contributed by atoms with E-state index in [4.69, 9.17) is 9.47 Å². The van der Waals surface area contributed by atoms with Crippen LogP contribution in [0.25, 0.3) is 5.57 Å². The molecule has 0 aromatic heterocycles. The van der Waals surface area contributed by atoms with Crippen LogP contribution in [0.15, 0.2) is 30.0 Å². The Hall–Kier alpha value is -3.24. The van der Waals surface area contributed by atoms with Crippen LogP contribution in [0.5, 0.6) is 17.2 Å². The molecular formula is C16H16O10. The van der Waals surface area contributed by atoms with Crippen LogP contribution in [0.4, 0.5) is 0 Å². The van der Waals surface area contributed by atoms with Gasteiger partial charge in [0.15, 0.2) is 11.5 Å². The highest BCUT2D eigenvalue weighted by Crippen LogP contribution is 2.50. The molecule has 26 heavy (non-hydrogen) atoms. The number of benzene rings is 1. The van der Waals surface area contributed by atoms with Gasteiger partial charge in [0.25, 0.3) is 5.60 Å². The molecule has 2 atom stereocenters. The summed E-state index contributed by atoms with van der Waals surface area (Å²) in [4.78, 5) is 23.7. The quantitative estimate of drug-likeness (QED) is 0.422. The van der Waals surface area contributed by atoms with E-state index in [1.165, 1.54) is 0 Å². The molecule has 2 unspecified atom stereocenters. The third kappa shape index (κ3) is 2.20. The smallest absolute Gasteiger partial charge is 0.348 e. The van der Waals surface area contributed by atoms with Crippen LogP contribution in [0, 0.1) is 0 Å². The van der Waals surface area contributed by atoms with E-state index in [0.717, 1.165) is 38.5 Å². The molecule has 10 heteroatoms. The van der Waals surface area contributed by atoms with E-state index in [9.17, 15) is 40.2 Å². The fourth-order valence-corrected chi connectivity index (χ4v) is 2.91. The Morgan fingerprint density at radius 2 is 1.62 bits per heavy atom. The van der Waals surface area contributed by atoms with Crippen molar-refractivity contribution < 1.29 is 49.7 Å². The van der Waals surface area contributed by atoms with Gasteiger partial charge in [-0.3, -0.25) is 0 Å². The maximum absolute atomic E-state index is 11.9. The average molecular weight is 368 g/mol. The molecule has 0 radical (unpaired) electrons. The Labute approximate surface area is 146 Å². The summed E-state index contributed by atoms with van der Waals surface area (Å²) in [6, 6.07) is 2.09. The number of phenols is 2. The lowest BCUT2D eigenvalue weighted by atomic mass is 9.70. The summed E-state index contributed by atoms with van der Waals surface area (Å²) in [5.74, 6) is -6.74. The summed E-state index contributed by atoms with van der Waals surface area (Å²) in [6.45, 7) is 0. The van der Waals surface area contributed by atoms with Crippen molar-refractivity contribution in [3.8, 4) is 17.2 Å². The van der Waals surface area contributed by atoms with Crippen LogP contribution in [-0.2, 0) is 14.3 Å². The summed E-state index contributed by atoms with van der Waals surface area (Å²) in [6.07, 6.45) is 1.73. The Morgan fingerprint density at radius 3 is 2.08 bits per heavy atom. The van der Waals surface area contributed by atoms with E-state index >= 15 is 0 Å². The van der Waals surface area contributed by atoms with Gasteiger partial charge in [-0.2, -0.15) is 0 Å². The number of carboxylic acids is 2. The van der Waals surface area contributed by atoms with Gasteiger partial charge in [0, 0.05) is 18.2 Å². The predicted molar refractivity (Wildman–Crippen MR) is 85.0 cm³/mol. The van der Waals surface area contributed by atoms with Crippen molar-refractivity contribution in [3.63, 3.8) is 0 Å². The van der Waals surface area contributed by atoms with Gasteiger partial charge >= 0.3 is 11.9 Å². The van der Waals surface area contributed by atoms with Gasteiger partial charge in [-0.15, -0.1) is 0 Å². The fourth-order valence-electron chi connectivity index (χ4n) is 2.91. The Balaban J connectivity index is 2.89. The first-order valence-electron chi connectivity index (χ1n) is 7.05. The molecule has 140 valence electrons. The molecule has 1 aromatic carbocycles. The minimum atomic E-state index is -3.33. The highest BCUT2D eigenvalue weighted by atomic mass is 16.6. The molecule has 1 aromatic rings. The second-order valence-corrected chi connectivity index (χ2v) is 5.35. The third-order valence-corrected chi connectivity index (χ3v) is 4.19. The summed E-state index contributed by atoms with van der Waals surface area (Å²) < 4.78 is 9.56. The first kappa shape index (κ1) is 19.1. The number of hydrogen-bond acceptors (Lipinski definition) is 8. The average Bonchev–Trinajstić information content (AvgIpc) is 2.57. The molecule has 0 amide bonds. The minimum absolute atomic E-state index is 0.351. The zero-order chi connectivity index (χ0) is 19.9. The number of ether oxygens (including phenoxy) is 2. The van der Waals surface area contributed by atoms with Crippen molar-refractivity contribution in [1.82, 2.24) is 0 Å². The topological polar surface area (TPSA) is 174 Å². The van der Waals surface area contributed by atoms with E-state index in [1.54, 1.807) is 0 Å². The number of aliphatic hydroxyl groups excluding tert-OH is 1. The lowest BCUT2D eigenvalue weighted by Crippen LogP contribution is -2.67. The van der Waals surface area contributed by atoms with Crippen LogP contribution in [0.1, 0.15) is 5.56 Å². The van der Waals surface area contributed by atoms with Gasteiger partial charge in [0.1, 0.15) is 5.76 Å². The lowest BCUT2D eigenvalue weighted by molar-refractivity contribution is -0.198. The maximum Gasteiger partial charge on any atom is 0.348 e. The molecule has 1 aliphatic carbocycles. The summed E-state index contributed by atoms with van der Waals surface area (Å²) in [7, 11) is 1.92. The minimum Gasteiger partial charge on any atom is -0.508 e. The molecule has 10 nitrogen and oxygen atoms in total. The standard InChI is InChI=1S/C16H16O10/c1-25-12-9(17)5-3-7(11(12)19)8-4-6-10(18)16(26-2,14(22)23)15(8,24)13(20)21/h3-6,17-19,24H,1-2H3,(H,20,21)(H,22,23). The molecule has 0 heterocycles. The van der Waals surface area contributed by atoms with E-state index in [2.05, 4.69) is 0 Å². The lowest BCUT2D eigenvalue weighted by Gasteiger charge is -2.42. The van der Waals surface area contributed by atoms with Crippen LogP contribution in [0.2, 0.25) is 0 Å². The number of rotatable bonds is 5. The van der Waals surface area contributed by atoms with Crippen molar-refractivity contribution in [2.24, 2.45) is 0 Å². The number of aliphatic carboxylic acids is 2. The summed E-state index contributed by atoms with van der Waals surface area (Å²) >= 11 is 0. The summed E-state index contributed by atoms with van der Waals surface area (Å²) in [5, 5.41) is 60.0. The van der Waals surface area contributed by atoms with E-state index < -0.39 is 51.7 Å². The number of aromatic hydroxyl groups is 2. The zero-order valence-electron chi connectivity index (χ0n) is 13.6. The molecular weight excluding hydrogens is 352 g/mol. The zero-order valence-corrected chi connectivity index (χ0v) is 13.6. The van der Waals surface area contributed by atoms with Crippen molar-refractivity contribution >= 4 is 17.5 Å². The van der Waals surface area contributed by atoms with Crippen molar-refractivity contribution in [2.75, 3.05) is 14.2 Å². The molecule has 0 saturated heterocycles. The van der Waals surface area contributed by atoms with Crippen LogP contribution in [-0.4, -0.2) is 68.0 Å². The second-order valence-electron chi connectivity index (χ2n) is 5.35. The van der Waals surface area contributed by atoms with Crippen LogP contribution < -0.4 is 4.74 Å². The molecule has 6 N–H and O–H groups in total. The van der Waals surface area contributed by atoms with Gasteiger partial charge in [-0.1, -0.05) is 6.08 Å². The van der Waals surface area contributed by atoms with Gasteiger partial charge in [0.05, 0.1) is 7.11 Å². The number of allylic oxidation sites excluding steroid dienone is 2. The van der Waals surface area contributed by atoms with Crippen molar-refractivity contribution in [2.45, 2.75) is 11.2 Å². The molecule has 0 bridgehead atoms. The molecule has 0 fully saturated rings. The maximum atomic E-state index is 11.9. The monoisotopic (exact) mass is 368 g/mol. The van der Waals surface area contributed by atoms with Gasteiger partial charge in [-0.05, 0) is 18.2 Å². The molecule has 1 aliphatic rings. The number of carboxylic acid groups (broad SMARTS) is 2. The van der Waals surface area contributed by atoms with Gasteiger partial charge in [0.2, 0.25) is 11.4 Å². The first-order valence-corrected chi connectivity index (χ1v) is 7.05. The first-order chi connectivity index (χ1) is 12.1. The number of hydrogen-bond donors (Lipinski definition) is 6. The van der Waals surface area contributed by atoms with E-state index in [0.29, 0.717) is 0 Å². The number of phenolic OH excluding ortho intramolecular Hbond substituents is 2. The van der Waals surface area contributed by atoms with Crippen molar-refractivity contribution in [1.29, 1.82) is 0 Å². The normalized spacial score (nSPS) is 25.2. The van der Waals surface area contributed by atoms with Crippen LogP contribution >= 0.6 is 0 Å². The van der Waals surface area contributed by atoms with E-state index in [1.807, 2.05) is 0 Å². The second kappa shape index (κ2) is 6.24. The van der Waals surface area contributed by atoms with Crippen LogP contribution in [0.3, 0.4) is 0 Å². The Kier molecular flexibility index (Phi) is 4.58. The third-order valence-electron chi connectivity index (χ3n) is 4.19. The molecule has 0 aliphatic heterocycles. The Bertz CT molecular complexity index is 840. The SMILES string of the molecule is COc1c(O)ccc(C2=CC=C(O)C(OC)(C(=O)O)C2(O)C(=O)O)c1O. The van der Waals surface area contributed by atoms with Gasteiger partial charge in [-0.25, -0.2) is 9.59 Å². The van der Waals surface area contributed by atoms with Crippen molar-refractivity contribution in [3.05, 3.63) is 35.6 Å². The molecule has 2 rings (SSSR count). The van der Waals surface area contributed by atoms with E-state index in [-0.39, 0.29) is 5.56 Å². The Morgan fingerprint density at radius 1 is 1.00 bits per heavy atom. The highest BCUT2D eigenvalue weighted by molar-refractivity contribution is 6.06. The molecule has 0 spiro atoms. The number of carbonyl (C=O) groups is 2. The predicted octanol–water partition coefficient (Wildman–Crippen LogP) is 0.231. The van der Waals surface area contributed by atoms with Gasteiger partial charge < -0.3 is 40.1 Å². The fraction of sp³-hybridized carbons (Fsp3) is 0.250. The number of methoxy groups -OCH3 is 2. The summed E-state index contributed by atoms with van der Waals surface area (Å²) in [5.41, 5.74) is -7.37. The largest absolute Gasteiger partial charge is 0.508 e. The molecule has 0 saturated carbocycles. The number of aliphatic hydroxyl groups is 2. The highest BCUT2D eigenvalue weighted by Gasteiger charge is 2.68.